The molecule has 1 N–H and O–H groups in total. The van der Waals surface area contributed by atoms with Gasteiger partial charge in [-0.3, -0.25) is 9.88 Å². The van der Waals surface area contributed by atoms with E-state index in [1.54, 1.807) is 7.11 Å². The van der Waals surface area contributed by atoms with E-state index in [-0.39, 0.29) is 0 Å². The predicted octanol–water partition coefficient (Wildman–Crippen LogP) is 2.28. The van der Waals surface area contributed by atoms with Gasteiger partial charge in [-0.05, 0) is 40.7 Å². The minimum atomic E-state index is 0.535. The van der Waals surface area contributed by atoms with E-state index in [4.69, 9.17) is 4.74 Å². The maximum atomic E-state index is 5.51. The summed E-state index contributed by atoms with van der Waals surface area (Å²) in [5, 5.41) is 3.55. The predicted molar refractivity (Wildman–Crippen MR) is 82.2 cm³/mol. The molecule has 1 aliphatic heterocycles. The van der Waals surface area contributed by atoms with Gasteiger partial charge in [-0.15, -0.1) is 0 Å². The number of pyridine rings is 1. The van der Waals surface area contributed by atoms with Gasteiger partial charge in [0.15, 0.2) is 0 Å². The van der Waals surface area contributed by atoms with Crippen molar-refractivity contribution in [2.45, 2.75) is 52.7 Å². The van der Waals surface area contributed by atoms with Gasteiger partial charge >= 0.3 is 0 Å². The first-order valence-electron chi connectivity index (χ1n) is 7.49. The molecular formula is C16H27N3O. The molecule has 0 spiro atoms. The minimum absolute atomic E-state index is 0.535. The monoisotopic (exact) mass is 277 g/mol. The average molecular weight is 277 g/mol. The van der Waals surface area contributed by atoms with Gasteiger partial charge in [-0.1, -0.05) is 0 Å². The number of nitrogens with zero attached hydrogens (tertiary/aromatic N) is 2. The first-order valence-corrected chi connectivity index (χ1v) is 7.49. The normalized spacial score (nSPS) is 24.4. The Bertz CT molecular complexity index is 461. The number of nitrogens with one attached hydrogen (secondary N) is 1. The van der Waals surface area contributed by atoms with Gasteiger partial charge in [0.25, 0.3) is 0 Å². The molecule has 0 bridgehead atoms. The largest absolute Gasteiger partial charge is 0.496 e. The number of hydrogen-bond donors (Lipinski definition) is 1. The lowest BCUT2D eigenvalue weighted by Gasteiger charge is -2.28. The molecule has 1 aliphatic rings. The summed E-state index contributed by atoms with van der Waals surface area (Å²) < 4.78 is 5.51. The second-order valence-electron chi connectivity index (χ2n) is 5.97. The summed E-state index contributed by atoms with van der Waals surface area (Å²) in [5.74, 6) is 0.976. The van der Waals surface area contributed by atoms with Gasteiger partial charge in [-0.25, -0.2) is 0 Å². The number of ether oxygens (including phenoxy) is 1. The van der Waals surface area contributed by atoms with E-state index < -0.39 is 0 Å². The minimum Gasteiger partial charge on any atom is -0.496 e. The Hall–Kier alpha value is -1.13. The number of aromatic nitrogens is 1. The van der Waals surface area contributed by atoms with Crippen molar-refractivity contribution in [3.05, 3.63) is 23.0 Å². The Labute approximate surface area is 122 Å². The third kappa shape index (κ3) is 3.30. The maximum absolute atomic E-state index is 5.51. The molecule has 4 nitrogen and oxygen atoms in total. The maximum Gasteiger partial charge on any atom is 0.128 e. The van der Waals surface area contributed by atoms with Crippen LogP contribution < -0.4 is 10.1 Å². The highest BCUT2D eigenvalue weighted by atomic mass is 16.5. The zero-order valence-electron chi connectivity index (χ0n) is 13.4. The molecule has 2 heterocycles. The Kier molecular flexibility index (Phi) is 5.00. The van der Waals surface area contributed by atoms with Gasteiger partial charge in [0.05, 0.1) is 12.8 Å². The lowest BCUT2D eigenvalue weighted by Crippen LogP contribution is -2.38. The molecule has 0 radical (unpaired) electrons. The van der Waals surface area contributed by atoms with E-state index in [1.807, 2.05) is 13.1 Å². The SMILES string of the molecule is COc1c(C)cnc(CN2CC(C)NCCC2C)c1C. The van der Waals surface area contributed by atoms with Crippen LogP contribution in [0, 0.1) is 13.8 Å². The van der Waals surface area contributed by atoms with Crippen LogP contribution in [0.3, 0.4) is 0 Å². The van der Waals surface area contributed by atoms with Crippen molar-refractivity contribution in [2.24, 2.45) is 0 Å². The summed E-state index contributed by atoms with van der Waals surface area (Å²) in [6, 6.07) is 1.12. The Morgan fingerprint density at radius 3 is 2.85 bits per heavy atom. The first-order chi connectivity index (χ1) is 9.52. The van der Waals surface area contributed by atoms with E-state index in [1.165, 1.54) is 12.0 Å². The Morgan fingerprint density at radius 2 is 2.15 bits per heavy atom. The zero-order chi connectivity index (χ0) is 14.7. The van der Waals surface area contributed by atoms with Crippen LogP contribution in [0.2, 0.25) is 0 Å². The van der Waals surface area contributed by atoms with Crippen LogP contribution in [0.5, 0.6) is 5.75 Å². The molecule has 4 heteroatoms. The quantitative estimate of drug-likeness (QED) is 0.920. The fraction of sp³-hybridized carbons (Fsp3) is 0.688. The van der Waals surface area contributed by atoms with Gasteiger partial charge < -0.3 is 10.1 Å². The fourth-order valence-corrected chi connectivity index (χ4v) is 2.96. The first kappa shape index (κ1) is 15.3. The third-order valence-corrected chi connectivity index (χ3v) is 4.29. The molecule has 1 saturated heterocycles. The van der Waals surface area contributed by atoms with Crippen LogP contribution in [0.1, 0.15) is 37.1 Å². The summed E-state index contributed by atoms with van der Waals surface area (Å²) in [5.41, 5.74) is 3.41. The van der Waals surface area contributed by atoms with E-state index in [9.17, 15) is 0 Å². The van der Waals surface area contributed by atoms with Crippen molar-refractivity contribution < 1.29 is 4.74 Å². The standard InChI is InChI=1S/C16H27N3O/c1-11-8-18-15(14(4)16(11)20-5)10-19-9-12(2)17-7-6-13(19)3/h8,12-13,17H,6-7,9-10H2,1-5H3. The molecule has 0 aliphatic carbocycles. The van der Waals surface area contributed by atoms with Crippen molar-refractivity contribution in [3.8, 4) is 5.75 Å². The van der Waals surface area contributed by atoms with Crippen molar-refractivity contribution in [2.75, 3.05) is 20.2 Å². The van der Waals surface area contributed by atoms with Gasteiger partial charge in [0.2, 0.25) is 0 Å². The molecule has 1 fully saturated rings. The number of aryl methyl sites for hydroxylation is 1. The molecule has 0 aromatic carbocycles. The van der Waals surface area contributed by atoms with Crippen LogP contribution in [-0.4, -0.2) is 42.2 Å². The number of rotatable bonds is 3. The van der Waals surface area contributed by atoms with Crippen molar-refractivity contribution in [3.63, 3.8) is 0 Å². The second kappa shape index (κ2) is 6.55. The van der Waals surface area contributed by atoms with Crippen LogP contribution in [0.15, 0.2) is 6.20 Å². The molecule has 2 rings (SSSR count). The summed E-state index contributed by atoms with van der Waals surface area (Å²) in [4.78, 5) is 7.15. The molecule has 2 unspecified atom stereocenters. The average Bonchev–Trinajstić information content (AvgIpc) is 2.56. The summed E-state index contributed by atoms with van der Waals surface area (Å²) in [6.07, 6.45) is 3.11. The van der Waals surface area contributed by atoms with Crippen LogP contribution >= 0.6 is 0 Å². The van der Waals surface area contributed by atoms with Crippen LogP contribution in [0.4, 0.5) is 0 Å². The van der Waals surface area contributed by atoms with E-state index in [0.29, 0.717) is 12.1 Å². The van der Waals surface area contributed by atoms with Crippen molar-refractivity contribution in [1.82, 2.24) is 15.2 Å². The highest BCUT2D eigenvalue weighted by Gasteiger charge is 2.22. The molecule has 1 aromatic rings. The van der Waals surface area contributed by atoms with E-state index in [2.05, 4.69) is 36.0 Å². The molecule has 0 amide bonds. The number of hydrogen-bond acceptors (Lipinski definition) is 4. The van der Waals surface area contributed by atoms with Gasteiger partial charge in [0.1, 0.15) is 5.75 Å². The van der Waals surface area contributed by atoms with Crippen molar-refractivity contribution in [1.29, 1.82) is 0 Å². The highest BCUT2D eigenvalue weighted by molar-refractivity contribution is 5.41. The third-order valence-electron chi connectivity index (χ3n) is 4.29. The van der Waals surface area contributed by atoms with Gasteiger partial charge in [-0.2, -0.15) is 0 Å². The Morgan fingerprint density at radius 1 is 1.40 bits per heavy atom. The second-order valence-corrected chi connectivity index (χ2v) is 5.97. The molecular weight excluding hydrogens is 250 g/mol. The van der Waals surface area contributed by atoms with Crippen molar-refractivity contribution >= 4 is 0 Å². The van der Waals surface area contributed by atoms with Gasteiger partial charge in [0, 0.05) is 42.5 Å². The highest BCUT2D eigenvalue weighted by Crippen LogP contribution is 2.25. The van der Waals surface area contributed by atoms with E-state index in [0.717, 1.165) is 36.6 Å². The van der Waals surface area contributed by atoms with Crippen LogP contribution in [-0.2, 0) is 6.54 Å². The smallest absolute Gasteiger partial charge is 0.128 e. The van der Waals surface area contributed by atoms with E-state index >= 15 is 0 Å². The summed E-state index contributed by atoms with van der Waals surface area (Å²) >= 11 is 0. The molecule has 112 valence electrons. The van der Waals surface area contributed by atoms with Crippen LogP contribution in [0.25, 0.3) is 0 Å². The lowest BCUT2D eigenvalue weighted by atomic mass is 10.1. The lowest BCUT2D eigenvalue weighted by molar-refractivity contribution is 0.196. The Balaban J connectivity index is 2.20. The fourth-order valence-electron chi connectivity index (χ4n) is 2.96. The molecule has 2 atom stereocenters. The molecule has 1 aromatic heterocycles. The molecule has 0 saturated carbocycles. The molecule has 20 heavy (non-hydrogen) atoms. The topological polar surface area (TPSA) is 37.4 Å². The summed E-state index contributed by atoms with van der Waals surface area (Å²) in [7, 11) is 1.74. The zero-order valence-corrected chi connectivity index (χ0v) is 13.4. The number of methoxy groups -OCH3 is 1. The summed E-state index contributed by atoms with van der Waals surface area (Å²) in [6.45, 7) is 11.8.